The van der Waals surface area contributed by atoms with Crippen molar-refractivity contribution in [1.82, 2.24) is 4.90 Å². The van der Waals surface area contributed by atoms with Gasteiger partial charge in [0.15, 0.2) is 0 Å². The average molecular weight is 428 g/mol. The number of methoxy groups -OCH3 is 1. The number of rotatable bonds is 5. The highest BCUT2D eigenvalue weighted by Crippen LogP contribution is 2.40. The maximum Gasteiger partial charge on any atom is 0.295 e. The molecule has 2 saturated heterocycles. The SMILES string of the molecule is COc1ccc(C(O)=C2C(=O)C(=O)N(C[C@H]3CCCO3)[C@@H]2c2ccc(Cl)cc2)cc1. The molecule has 0 spiro atoms. The molecule has 0 bridgehead atoms. The van der Waals surface area contributed by atoms with E-state index in [2.05, 4.69) is 0 Å². The summed E-state index contributed by atoms with van der Waals surface area (Å²) in [7, 11) is 1.55. The normalized spacial score (nSPS) is 23.2. The van der Waals surface area contributed by atoms with E-state index in [1.807, 2.05) is 0 Å². The second-order valence-electron chi connectivity index (χ2n) is 7.37. The maximum absolute atomic E-state index is 13.0. The Morgan fingerprint density at radius 2 is 1.87 bits per heavy atom. The molecule has 2 atom stereocenters. The van der Waals surface area contributed by atoms with E-state index in [0.717, 1.165) is 12.8 Å². The molecule has 0 radical (unpaired) electrons. The van der Waals surface area contributed by atoms with E-state index >= 15 is 0 Å². The van der Waals surface area contributed by atoms with E-state index in [1.54, 1.807) is 55.6 Å². The third-order valence-corrected chi connectivity index (χ3v) is 5.77. The Morgan fingerprint density at radius 1 is 1.17 bits per heavy atom. The van der Waals surface area contributed by atoms with Crippen LogP contribution < -0.4 is 4.74 Å². The number of aliphatic hydroxyl groups excluding tert-OH is 1. The Balaban J connectivity index is 1.80. The Morgan fingerprint density at radius 3 is 2.47 bits per heavy atom. The maximum atomic E-state index is 13.0. The lowest BCUT2D eigenvalue weighted by Gasteiger charge is -2.27. The molecule has 2 aliphatic heterocycles. The van der Waals surface area contributed by atoms with Gasteiger partial charge in [-0.2, -0.15) is 0 Å². The summed E-state index contributed by atoms with van der Waals surface area (Å²) in [4.78, 5) is 27.4. The average Bonchev–Trinajstić information content (AvgIpc) is 3.36. The van der Waals surface area contributed by atoms with Crippen molar-refractivity contribution in [2.45, 2.75) is 25.0 Å². The smallest absolute Gasteiger partial charge is 0.295 e. The van der Waals surface area contributed by atoms with Crippen LogP contribution >= 0.6 is 11.6 Å². The molecule has 30 heavy (non-hydrogen) atoms. The number of carbonyl (C=O) groups excluding carboxylic acids is 2. The molecule has 1 N–H and O–H groups in total. The van der Waals surface area contributed by atoms with E-state index in [0.29, 0.717) is 28.5 Å². The fourth-order valence-corrected chi connectivity index (χ4v) is 4.10. The molecule has 0 aliphatic carbocycles. The van der Waals surface area contributed by atoms with Crippen molar-refractivity contribution in [2.24, 2.45) is 0 Å². The van der Waals surface area contributed by atoms with Crippen LogP contribution in [0.1, 0.15) is 30.0 Å². The highest BCUT2D eigenvalue weighted by molar-refractivity contribution is 6.46. The van der Waals surface area contributed by atoms with Gasteiger partial charge in [0.05, 0.1) is 24.8 Å². The van der Waals surface area contributed by atoms with E-state index < -0.39 is 17.7 Å². The number of benzene rings is 2. The van der Waals surface area contributed by atoms with Crippen molar-refractivity contribution in [1.29, 1.82) is 0 Å². The van der Waals surface area contributed by atoms with Gasteiger partial charge < -0.3 is 19.5 Å². The van der Waals surface area contributed by atoms with Crippen molar-refractivity contribution >= 4 is 29.1 Å². The molecule has 0 unspecified atom stereocenters. The summed E-state index contributed by atoms with van der Waals surface area (Å²) in [6, 6.07) is 12.9. The predicted molar refractivity (Wildman–Crippen MR) is 112 cm³/mol. The van der Waals surface area contributed by atoms with Crippen LogP contribution in [0.4, 0.5) is 0 Å². The Labute approximate surface area is 179 Å². The minimum Gasteiger partial charge on any atom is -0.507 e. The summed E-state index contributed by atoms with van der Waals surface area (Å²) in [6.45, 7) is 0.934. The van der Waals surface area contributed by atoms with Gasteiger partial charge in [-0.05, 0) is 54.8 Å². The number of Topliss-reactive ketones (excluding diaryl/α,β-unsaturated/α-hetero) is 1. The highest BCUT2D eigenvalue weighted by atomic mass is 35.5. The molecule has 2 aromatic carbocycles. The number of aliphatic hydroxyl groups is 1. The van der Waals surface area contributed by atoms with Gasteiger partial charge in [-0.3, -0.25) is 9.59 Å². The quantitative estimate of drug-likeness (QED) is 0.444. The number of ketones is 1. The summed E-state index contributed by atoms with van der Waals surface area (Å²) < 4.78 is 10.8. The van der Waals surface area contributed by atoms with Crippen molar-refractivity contribution < 1.29 is 24.2 Å². The highest BCUT2D eigenvalue weighted by Gasteiger charge is 2.47. The van der Waals surface area contributed by atoms with Gasteiger partial charge in [0, 0.05) is 23.7 Å². The number of nitrogens with zero attached hydrogens (tertiary/aromatic N) is 1. The molecule has 2 fully saturated rings. The third kappa shape index (κ3) is 3.80. The summed E-state index contributed by atoms with van der Waals surface area (Å²) in [5.74, 6) is -0.938. The lowest BCUT2D eigenvalue weighted by Crippen LogP contribution is -2.36. The minimum absolute atomic E-state index is 0.0606. The summed E-state index contributed by atoms with van der Waals surface area (Å²) in [5.41, 5.74) is 1.20. The summed E-state index contributed by atoms with van der Waals surface area (Å²) in [5, 5.41) is 11.6. The Hall–Kier alpha value is -2.83. The molecule has 2 aromatic rings. The van der Waals surface area contributed by atoms with Crippen LogP contribution in [-0.2, 0) is 14.3 Å². The van der Waals surface area contributed by atoms with Gasteiger partial charge in [0.2, 0.25) is 0 Å². The largest absolute Gasteiger partial charge is 0.507 e. The van der Waals surface area contributed by atoms with Crippen molar-refractivity contribution in [3.63, 3.8) is 0 Å². The number of hydrogen-bond donors (Lipinski definition) is 1. The first-order chi connectivity index (χ1) is 14.5. The third-order valence-electron chi connectivity index (χ3n) is 5.51. The van der Waals surface area contributed by atoms with E-state index in [4.69, 9.17) is 21.1 Å². The number of carbonyl (C=O) groups is 2. The number of halogens is 1. The van der Waals surface area contributed by atoms with Crippen LogP contribution in [-0.4, -0.2) is 48.1 Å². The summed E-state index contributed by atoms with van der Waals surface area (Å²) >= 11 is 6.03. The van der Waals surface area contributed by atoms with E-state index in [1.165, 1.54) is 4.90 Å². The standard InChI is InChI=1S/C23H22ClNO5/c1-29-17-10-6-15(7-11-17)21(26)19-20(14-4-8-16(24)9-5-14)25(23(28)22(19)27)13-18-3-2-12-30-18/h4-11,18,20,26H,2-3,12-13H2,1H3/t18-,20-/m1/s1. The second kappa shape index (κ2) is 8.50. The van der Waals surface area contributed by atoms with Crippen LogP contribution in [0.3, 0.4) is 0 Å². The number of hydrogen-bond acceptors (Lipinski definition) is 5. The van der Waals surface area contributed by atoms with Gasteiger partial charge >= 0.3 is 0 Å². The fourth-order valence-electron chi connectivity index (χ4n) is 3.97. The van der Waals surface area contributed by atoms with Crippen molar-refractivity contribution in [3.05, 3.63) is 70.3 Å². The minimum atomic E-state index is -0.714. The monoisotopic (exact) mass is 427 g/mol. The molecule has 2 heterocycles. The lowest BCUT2D eigenvalue weighted by atomic mass is 9.95. The van der Waals surface area contributed by atoms with Gasteiger partial charge in [-0.25, -0.2) is 0 Å². The number of amides is 1. The number of likely N-dealkylation sites (tertiary alicyclic amines) is 1. The fraction of sp³-hybridized carbons (Fsp3) is 0.304. The topological polar surface area (TPSA) is 76.1 Å². The second-order valence-corrected chi connectivity index (χ2v) is 7.80. The zero-order valence-corrected chi connectivity index (χ0v) is 17.3. The van der Waals surface area contributed by atoms with E-state index in [9.17, 15) is 14.7 Å². The lowest BCUT2D eigenvalue weighted by molar-refractivity contribution is -0.140. The first-order valence-electron chi connectivity index (χ1n) is 9.79. The molecular formula is C23H22ClNO5. The van der Waals surface area contributed by atoms with Gasteiger partial charge in [-0.1, -0.05) is 23.7 Å². The molecule has 0 aromatic heterocycles. The van der Waals surface area contributed by atoms with Gasteiger partial charge in [0.1, 0.15) is 11.5 Å². The van der Waals surface area contributed by atoms with Crippen LogP contribution in [0, 0.1) is 0 Å². The van der Waals surface area contributed by atoms with Crippen LogP contribution in [0.25, 0.3) is 5.76 Å². The number of ether oxygens (including phenoxy) is 2. The first-order valence-corrected chi connectivity index (χ1v) is 10.2. The predicted octanol–water partition coefficient (Wildman–Crippen LogP) is 3.95. The zero-order valence-electron chi connectivity index (χ0n) is 16.5. The summed E-state index contributed by atoms with van der Waals surface area (Å²) in [6.07, 6.45) is 1.62. The van der Waals surface area contributed by atoms with Crippen molar-refractivity contribution in [2.75, 3.05) is 20.3 Å². The molecule has 0 saturated carbocycles. The Bertz CT molecular complexity index is 978. The van der Waals surface area contributed by atoms with E-state index in [-0.39, 0.29) is 24.0 Å². The molecule has 2 aliphatic rings. The van der Waals surface area contributed by atoms with Crippen LogP contribution in [0.15, 0.2) is 54.1 Å². The van der Waals surface area contributed by atoms with Crippen molar-refractivity contribution in [3.8, 4) is 5.75 Å². The zero-order chi connectivity index (χ0) is 21.3. The molecule has 4 rings (SSSR count). The van der Waals surface area contributed by atoms with Crippen LogP contribution in [0.5, 0.6) is 5.75 Å². The molecule has 156 valence electrons. The molecular weight excluding hydrogens is 406 g/mol. The first kappa shape index (κ1) is 20.4. The van der Waals surface area contributed by atoms with Gasteiger partial charge in [0.25, 0.3) is 11.7 Å². The molecule has 1 amide bonds. The molecule has 7 heteroatoms. The van der Waals surface area contributed by atoms with Gasteiger partial charge in [-0.15, -0.1) is 0 Å². The molecule has 6 nitrogen and oxygen atoms in total. The Kier molecular flexibility index (Phi) is 5.79. The van der Waals surface area contributed by atoms with Crippen LogP contribution in [0.2, 0.25) is 5.02 Å².